The quantitative estimate of drug-likeness (QED) is 0.227. The van der Waals surface area contributed by atoms with E-state index in [0.717, 1.165) is 5.92 Å². The van der Waals surface area contributed by atoms with Gasteiger partial charge in [0.1, 0.15) is 0 Å². The second-order valence-corrected chi connectivity index (χ2v) is 10.2. The van der Waals surface area contributed by atoms with Crippen LogP contribution < -0.4 is 0 Å². The van der Waals surface area contributed by atoms with E-state index in [4.69, 9.17) is 0 Å². The van der Waals surface area contributed by atoms with Gasteiger partial charge in [0, 0.05) is 11.5 Å². The van der Waals surface area contributed by atoms with Crippen molar-refractivity contribution in [3.05, 3.63) is 70.8 Å². The number of hydrogen-bond acceptors (Lipinski definition) is 0. The molecule has 1 aliphatic carbocycles. The lowest BCUT2D eigenvalue weighted by molar-refractivity contribution is 0.384. The lowest BCUT2D eigenvalue weighted by atomic mass is 9.78. The molecular formula is C33H46. The zero-order valence-corrected chi connectivity index (χ0v) is 21.4. The van der Waals surface area contributed by atoms with Gasteiger partial charge in [0.2, 0.25) is 0 Å². The summed E-state index contributed by atoms with van der Waals surface area (Å²) in [5, 5.41) is 0. The predicted molar refractivity (Wildman–Crippen MR) is 145 cm³/mol. The Kier molecular flexibility index (Phi) is 11.7. The summed E-state index contributed by atoms with van der Waals surface area (Å²) >= 11 is 0. The Morgan fingerprint density at radius 2 is 1.12 bits per heavy atom. The summed E-state index contributed by atoms with van der Waals surface area (Å²) in [5.41, 5.74) is 5.70. The molecule has 0 saturated heterocycles. The molecular weight excluding hydrogens is 396 g/mol. The standard InChI is InChI=1S/C33H46/c1-3-5-7-8-9-11-13-28-14-16-30(17-15-28)18-19-31-22-26-33(27-23-31)32-24-20-29(21-25-32)12-10-6-4-2/h14-17,20-21,24-25,31,33H,3-13,22-23,26-27H2,1-2H3. The van der Waals surface area contributed by atoms with Crippen molar-refractivity contribution in [2.75, 3.05) is 0 Å². The van der Waals surface area contributed by atoms with Crippen LogP contribution in [0.5, 0.6) is 0 Å². The van der Waals surface area contributed by atoms with E-state index in [0.29, 0.717) is 5.92 Å². The van der Waals surface area contributed by atoms with Crippen LogP contribution in [0.25, 0.3) is 0 Å². The van der Waals surface area contributed by atoms with Crippen LogP contribution in [-0.4, -0.2) is 0 Å². The summed E-state index contributed by atoms with van der Waals surface area (Å²) in [7, 11) is 0. The lowest BCUT2D eigenvalue weighted by Crippen LogP contribution is -2.12. The molecule has 1 saturated carbocycles. The number of benzene rings is 2. The first-order chi connectivity index (χ1) is 16.3. The maximum Gasteiger partial charge on any atom is 0.0245 e. The Labute approximate surface area is 204 Å². The fourth-order valence-electron chi connectivity index (χ4n) is 5.16. The van der Waals surface area contributed by atoms with Gasteiger partial charge in [-0.2, -0.15) is 0 Å². The first-order valence-electron chi connectivity index (χ1n) is 14.0. The van der Waals surface area contributed by atoms with E-state index in [1.54, 1.807) is 5.56 Å². The molecule has 0 heterocycles. The van der Waals surface area contributed by atoms with Crippen LogP contribution in [0.3, 0.4) is 0 Å². The third kappa shape index (κ3) is 9.41. The van der Waals surface area contributed by atoms with E-state index < -0.39 is 0 Å². The van der Waals surface area contributed by atoms with Gasteiger partial charge in [0.05, 0.1) is 0 Å². The highest BCUT2D eigenvalue weighted by atomic mass is 14.2. The Bertz CT molecular complexity index is 822. The molecule has 0 N–H and O–H groups in total. The molecule has 0 heteroatoms. The molecule has 3 rings (SSSR count). The van der Waals surface area contributed by atoms with Crippen LogP contribution in [0.15, 0.2) is 48.5 Å². The first kappa shape index (κ1) is 25.6. The molecule has 0 nitrogen and oxygen atoms in total. The van der Waals surface area contributed by atoms with Crippen molar-refractivity contribution in [1.29, 1.82) is 0 Å². The fourth-order valence-corrected chi connectivity index (χ4v) is 5.16. The molecule has 178 valence electrons. The lowest BCUT2D eigenvalue weighted by Gasteiger charge is -2.26. The number of hydrogen-bond donors (Lipinski definition) is 0. The second kappa shape index (κ2) is 15.0. The molecule has 2 aromatic carbocycles. The molecule has 0 bridgehead atoms. The molecule has 33 heavy (non-hydrogen) atoms. The van der Waals surface area contributed by atoms with E-state index in [9.17, 15) is 0 Å². The van der Waals surface area contributed by atoms with Crippen molar-refractivity contribution in [3.63, 3.8) is 0 Å². The van der Waals surface area contributed by atoms with Gasteiger partial charge in [-0.25, -0.2) is 0 Å². The summed E-state index contributed by atoms with van der Waals surface area (Å²) in [5.74, 6) is 8.35. The van der Waals surface area contributed by atoms with Gasteiger partial charge < -0.3 is 0 Å². The molecule has 2 aromatic rings. The van der Waals surface area contributed by atoms with Crippen molar-refractivity contribution in [2.24, 2.45) is 5.92 Å². The second-order valence-electron chi connectivity index (χ2n) is 10.2. The minimum absolute atomic E-state index is 0.567. The van der Waals surface area contributed by atoms with Gasteiger partial charge in [0.25, 0.3) is 0 Å². The van der Waals surface area contributed by atoms with Gasteiger partial charge in [-0.1, -0.05) is 107 Å². The van der Waals surface area contributed by atoms with Crippen molar-refractivity contribution >= 4 is 0 Å². The zero-order valence-electron chi connectivity index (χ0n) is 21.4. The zero-order chi connectivity index (χ0) is 23.1. The minimum Gasteiger partial charge on any atom is -0.0945 e. The van der Waals surface area contributed by atoms with E-state index in [2.05, 4.69) is 74.2 Å². The Balaban J connectivity index is 1.38. The Morgan fingerprint density at radius 1 is 0.606 bits per heavy atom. The van der Waals surface area contributed by atoms with Gasteiger partial charge in [-0.05, 0) is 86.1 Å². The van der Waals surface area contributed by atoms with Gasteiger partial charge in [0.15, 0.2) is 0 Å². The molecule has 0 aliphatic heterocycles. The SMILES string of the molecule is CCCCCCCCc1ccc(C#CC2CCC(c3ccc(CCCCC)cc3)CC2)cc1. The van der Waals surface area contributed by atoms with Crippen molar-refractivity contribution in [2.45, 2.75) is 116 Å². The Morgan fingerprint density at radius 3 is 1.76 bits per heavy atom. The van der Waals surface area contributed by atoms with Crippen molar-refractivity contribution < 1.29 is 0 Å². The van der Waals surface area contributed by atoms with Gasteiger partial charge in [-0.3, -0.25) is 0 Å². The van der Waals surface area contributed by atoms with Crippen LogP contribution in [0, 0.1) is 17.8 Å². The Hall–Kier alpha value is -2.00. The average molecular weight is 443 g/mol. The largest absolute Gasteiger partial charge is 0.0945 e. The highest BCUT2D eigenvalue weighted by Crippen LogP contribution is 2.35. The number of rotatable bonds is 12. The van der Waals surface area contributed by atoms with Crippen LogP contribution in [-0.2, 0) is 12.8 Å². The first-order valence-corrected chi connectivity index (χ1v) is 14.0. The molecule has 0 amide bonds. The third-order valence-corrected chi connectivity index (χ3v) is 7.44. The van der Waals surface area contributed by atoms with Crippen molar-refractivity contribution in [1.82, 2.24) is 0 Å². The van der Waals surface area contributed by atoms with Gasteiger partial charge in [-0.15, -0.1) is 0 Å². The predicted octanol–water partition coefficient (Wildman–Crippen LogP) is 9.65. The van der Waals surface area contributed by atoms with Crippen LogP contribution in [0.4, 0.5) is 0 Å². The third-order valence-electron chi connectivity index (χ3n) is 7.44. The van der Waals surface area contributed by atoms with Crippen molar-refractivity contribution in [3.8, 4) is 11.8 Å². The van der Waals surface area contributed by atoms with E-state index in [1.165, 1.54) is 113 Å². The molecule has 0 unspecified atom stereocenters. The molecule has 1 aliphatic rings. The van der Waals surface area contributed by atoms with Crippen LogP contribution >= 0.6 is 0 Å². The van der Waals surface area contributed by atoms with E-state index in [1.807, 2.05) is 0 Å². The normalized spacial score (nSPS) is 18.0. The molecule has 0 spiro atoms. The number of unbranched alkanes of at least 4 members (excludes halogenated alkanes) is 7. The molecule has 0 atom stereocenters. The van der Waals surface area contributed by atoms with Gasteiger partial charge >= 0.3 is 0 Å². The minimum atomic E-state index is 0.567. The molecule has 1 fully saturated rings. The highest BCUT2D eigenvalue weighted by molar-refractivity contribution is 5.37. The molecule has 0 radical (unpaired) electrons. The maximum absolute atomic E-state index is 3.59. The van der Waals surface area contributed by atoms with E-state index >= 15 is 0 Å². The summed E-state index contributed by atoms with van der Waals surface area (Å²) in [4.78, 5) is 0. The monoisotopic (exact) mass is 442 g/mol. The van der Waals surface area contributed by atoms with Crippen LogP contribution in [0.2, 0.25) is 0 Å². The smallest absolute Gasteiger partial charge is 0.0245 e. The van der Waals surface area contributed by atoms with E-state index in [-0.39, 0.29) is 0 Å². The maximum atomic E-state index is 3.59. The highest BCUT2D eigenvalue weighted by Gasteiger charge is 2.21. The summed E-state index contributed by atoms with van der Waals surface area (Å²) in [6, 6.07) is 18.6. The molecule has 0 aromatic heterocycles. The fraction of sp³-hybridized carbons (Fsp3) is 0.576. The topological polar surface area (TPSA) is 0 Å². The summed E-state index contributed by atoms with van der Waals surface area (Å²) in [6.07, 6.45) is 19.7. The summed E-state index contributed by atoms with van der Waals surface area (Å²) in [6.45, 7) is 4.56. The summed E-state index contributed by atoms with van der Waals surface area (Å²) < 4.78 is 0. The number of aryl methyl sites for hydroxylation is 2. The van der Waals surface area contributed by atoms with Crippen LogP contribution in [0.1, 0.15) is 125 Å². The average Bonchev–Trinajstić information content (AvgIpc) is 2.86.